The maximum atomic E-state index is 11.5. The van der Waals surface area contributed by atoms with Crippen LogP contribution in [0.4, 0.5) is 5.82 Å². The number of halogens is 1. The monoisotopic (exact) mass is 221 g/mol. The van der Waals surface area contributed by atoms with E-state index in [-0.39, 0.29) is 10.8 Å². The molecular weight excluding hydrogens is 214 g/mol. The molecule has 0 aliphatic heterocycles. The van der Waals surface area contributed by atoms with Gasteiger partial charge in [0.05, 0.1) is 10.7 Å². The van der Waals surface area contributed by atoms with Crippen molar-refractivity contribution >= 4 is 17.4 Å². The molecule has 0 spiro atoms. The second-order valence-corrected chi connectivity index (χ2v) is 3.37. The van der Waals surface area contributed by atoms with Crippen molar-refractivity contribution in [1.82, 2.24) is 9.55 Å². The lowest BCUT2D eigenvalue weighted by Crippen LogP contribution is -2.22. The Labute approximate surface area is 90.9 Å². The number of hydrogen-bond acceptors (Lipinski definition) is 3. The molecule has 0 atom stereocenters. The molecule has 76 valence electrons. The normalized spacial score (nSPS) is 10.2. The summed E-state index contributed by atoms with van der Waals surface area (Å²) < 4.78 is 1.35. The van der Waals surface area contributed by atoms with E-state index in [2.05, 4.69) is 4.98 Å². The van der Waals surface area contributed by atoms with Crippen molar-refractivity contribution < 1.29 is 0 Å². The lowest BCUT2D eigenvalue weighted by atomic mass is 10.3. The molecular formula is C10H8ClN3O. The molecule has 0 fully saturated rings. The van der Waals surface area contributed by atoms with E-state index in [0.717, 1.165) is 0 Å². The highest BCUT2D eigenvalue weighted by Crippen LogP contribution is 2.14. The van der Waals surface area contributed by atoms with E-state index < -0.39 is 5.69 Å². The number of para-hydroxylation sites is 1. The van der Waals surface area contributed by atoms with Gasteiger partial charge in [-0.25, -0.2) is 4.79 Å². The maximum Gasteiger partial charge on any atom is 0.354 e. The smallest absolute Gasteiger partial charge is 0.354 e. The molecule has 1 heterocycles. The van der Waals surface area contributed by atoms with Crippen LogP contribution in [0.5, 0.6) is 0 Å². The van der Waals surface area contributed by atoms with E-state index in [1.54, 1.807) is 12.1 Å². The van der Waals surface area contributed by atoms with Crippen LogP contribution in [0.1, 0.15) is 0 Å². The summed E-state index contributed by atoms with van der Waals surface area (Å²) in [5, 5.41) is 0.262. The number of rotatable bonds is 1. The fourth-order valence-corrected chi connectivity index (χ4v) is 1.36. The van der Waals surface area contributed by atoms with Gasteiger partial charge < -0.3 is 5.73 Å². The van der Waals surface area contributed by atoms with Gasteiger partial charge in [0.15, 0.2) is 0 Å². The second-order valence-electron chi connectivity index (χ2n) is 2.96. The third kappa shape index (κ3) is 1.85. The average Bonchev–Trinajstić information content (AvgIpc) is 2.25. The number of nitrogens with zero attached hydrogens (tertiary/aromatic N) is 2. The Morgan fingerprint density at radius 1 is 1.27 bits per heavy atom. The van der Waals surface area contributed by atoms with Crippen LogP contribution in [0.25, 0.3) is 5.69 Å². The Hall–Kier alpha value is -1.81. The van der Waals surface area contributed by atoms with Gasteiger partial charge in [-0.15, -0.1) is 0 Å². The van der Waals surface area contributed by atoms with Crippen molar-refractivity contribution in [3.05, 3.63) is 52.0 Å². The number of anilines is 1. The van der Waals surface area contributed by atoms with Crippen molar-refractivity contribution in [3.8, 4) is 5.69 Å². The SMILES string of the molecule is Nc1nc(=O)n(-c2ccccc2)cc1Cl. The Morgan fingerprint density at radius 2 is 1.93 bits per heavy atom. The topological polar surface area (TPSA) is 60.9 Å². The minimum absolute atomic E-state index is 0.0499. The van der Waals surface area contributed by atoms with Gasteiger partial charge in [0.2, 0.25) is 0 Å². The first-order valence-corrected chi connectivity index (χ1v) is 4.66. The number of nitrogens with two attached hydrogens (primary N) is 1. The zero-order chi connectivity index (χ0) is 10.8. The van der Waals surface area contributed by atoms with Gasteiger partial charge in [0.25, 0.3) is 0 Å². The highest BCUT2D eigenvalue weighted by Gasteiger charge is 2.04. The summed E-state index contributed by atoms with van der Waals surface area (Å²) in [5.41, 5.74) is 5.68. The van der Waals surface area contributed by atoms with Crippen LogP contribution >= 0.6 is 11.6 Å². The number of aromatic nitrogens is 2. The van der Waals surface area contributed by atoms with Gasteiger partial charge in [-0.2, -0.15) is 4.98 Å². The fourth-order valence-electron chi connectivity index (χ4n) is 1.22. The largest absolute Gasteiger partial charge is 0.382 e. The van der Waals surface area contributed by atoms with Crippen LogP contribution in [-0.2, 0) is 0 Å². The predicted molar refractivity (Wildman–Crippen MR) is 59.3 cm³/mol. The van der Waals surface area contributed by atoms with Crippen molar-refractivity contribution in [2.45, 2.75) is 0 Å². The van der Waals surface area contributed by atoms with Gasteiger partial charge in [-0.1, -0.05) is 29.8 Å². The molecule has 0 saturated heterocycles. The molecule has 2 rings (SSSR count). The van der Waals surface area contributed by atoms with E-state index in [1.165, 1.54) is 10.8 Å². The maximum absolute atomic E-state index is 11.5. The molecule has 0 amide bonds. The summed E-state index contributed by atoms with van der Waals surface area (Å²) in [4.78, 5) is 15.1. The van der Waals surface area contributed by atoms with Crippen LogP contribution in [-0.4, -0.2) is 9.55 Å². The van der Waals surface area contributed by atoms with Gasteiger partial charge in [0.1, 0.15) is 5.82 Å². The minimum atomic E-state index is -0.442. The van der Waals surface area contributed by atoms with Crippen LogP contribution in [0.3, 0.4) is 0 Å². The molecule has 2 aromatic rings. The Morgan fingerprint density at radius 3 is 2.60 bits per heavy atom. The van der Waals surface area contributed by atoms with E-state index in [4.69, 9.17) is 17.3 Å². The highest BCUT2D eigenvalue weighted by molar-refractivity contribution is 6.32. The van der Waals surface area contributed by atoms with Crippen LogP contribution < -0.4 is 11.4 Å². The van der Waals surface area contributed by atoms with Crippen molar-refractivity contribution in [2.24, 2.45) is 0 Å². The minimum Gasteiger partial charge on any atom is -0.382 e. The molecule has 0 unspecified atom stereocenters. The molecule has 0 saturated carbocycles. The summed E-state index contributed by atoms with van der Waals surface area (Å²) in [5.74, 6) is 0.0499. The Balaban J connectivity index is 2.65. The summed E-state index contributed by atoms with van der Waals surface area (Å²) >= 11 is 5.79. The molecule has 15 heavy (non-hydrogen) atoms. The zero-order valence-corrected chi connectivity index (χ0v) is 8.48. The first kappa shape index (κ1) is 9.73. The third-order valence-corrected chi connectivity index (χ3v) is 2.23. The molecule has 1 aromatic heterocycles. The van der Waals surface area contributed by atoms with Gasteiger partial charge in [0, 0.05) is 6.20 Å². The lowest BCUT2D eigenvalue weighted by Gasteiger charge is -2.05. The molecule has 0 aliphatic carbocycles. The summed E-state index contributed by atoms with van der Waals surface area (Å²) in [6.07, 6.45) is 1.46. The van der Waals surface area contributed by atoms with Crippen LogP contribution in [0.15, 0.2) is 41.3 Å². The Kier molecular flexibility index (Phi) is 2.43. The molecule has 1 aromatic carbocycles. The Bertz CT molecular complexity index is 536. The highest BCUT2D eigenvalue weighted by atomic mass is 35.5. The van der Waals surface area contributed by atoms with E-state index in [1.807, 2.05) is 18.2 Å². The molecule has 0 aliphatic rings. The van der Waals surface area contributed by atoms with Crippen LogP contribution in [0.2, 0.25) is 5.02 Å². The molecule has 4 nitrogen and oxygen atoms in total. The summed E-state index contributed by atoms with van der Waals surface area (Å²) in [6.45, 7) is 0. The third-order valence-electron chi connectivity index (χ3n) is 1.94. The summed E-state index contributed by atoms with van der Waals surface area (Å²) in [7, 11) is 0. The zero-order valence-electron chi connectivity index (χ0n) is 7.72. The fraction of sp³-hybridized carbons (Fsp3) is 0. The van der Waals surface area contributed by atoms with E-state index in [0.29, 0.717) is 5.69 Å². The molecule has 0 bridgehead atoms. The number of benzene rings is 1. The quantitative estimate of drug-likeness (QED) is 0.793. The van der Waals surface area contributed by atoms with E-state index >= 15 is 0 Å². The van der Waals surface area contributed by atoms with Crippen molar-refractivity contribution in [3.63, 3.8) is 0 Å². The lowest BCUT2D eigenvalue weighted by molar-refractivity contribution is 0.920. The standard InChI is InChI=1S/C10H8ClN3O/c11-8-6-14(10(15)13-9(8)12)7-4-2-1-3-5-7/h1-6H,(H2,12,13,15). The van der Waals surface area contributed by atoms with Gasteiger partial charge in [-0.05, 0) is 12.1 Å². The molecule has 0 radical (unpaired) electrons. The van der Waals surface area contributed by atoms with Gasteiger partial charge in [-0.3, -0.25) is 4.57 Å². The first-order valence-electron chi connectivity index (χ1n) is 4.28. The van der Waals surface area contributed by atoms with Gasteiger partial charge >= 0.3 is 5.69 Å². The average molecular weight is 222 g/mol. The summed E-state index contributed by atoms with van der Waals surface area (Å²) in [6, 6.07) is 9.09. The van der Waals surface area contributed by atoms with E-state index in [9.17, 15) is 4.79 Å². The van der Waals surface area contributed by atoms with Crippen LogP contribution in [0, 0.1) is 0 Å². The number of nitrogen functional groups attached to an aromatic ring is 1. The first-order chi connectivity index (χ1) is 7.18. The van der Waals surface area contributed by atoms with Crippen molar-refractivity contribution in [2.75, 3.05) is 5.73 Å². The predicted octanol–water partition coefficient (Wildman–Crippen LogP) is 1.47. The number of hydrogen-bond donors (Lipinski definition) is 1. The second kappa shape index (κ2) is 3.74. The molecule has 5 heteroatoms. The molecule has 2 N–H and O–H groups in total. The van der Waals surface area contributed by atoms with Crippen molar-refractivity contribution in [1.29, 1.82) is 0 Å².